The Morgan fingerprint density at radius 1 is 1.08 bits per heavy atom. The number of nitrogens with one attached hydrogen (secondary N) is 2. The number of ether oxygens (including phenoxy) is 2. The van der Waals surface area contributed by atoms with Crippen molar-refractivity contribution in [2.45, 2.75) is 53.1 Å². The van der Waals surface area contributed by atoms with E-state index in [0.29, 0.717) is 13.2 Å². The molecule has 0 aliphatic rings. The highest BCUT2D eigenvalue weighted by Gasteiger charge is 2.11. The smallest absolute Gasteiger partial charge is 0.245 e. The van der Waals surface area contributed by atoms with Crippen LogP contribution in [0, 0.1) is 5.92 Å². The summed E-state index contributed by atoms with van der Waals surface area (Å²) in [7, 11) is 1.48. The van der Waals surface area contributed by atoms with Gasteiger partial charge in [-0.1, -0.05) is 27.7 Å². The zero-order valence-electron chi connectivity index (χ0n) is 15.8. The summed E-state index contributed by atoms with van der Waals surface area (Å²) in [5.41, 5.74) is 0. The fraction of sp³-hybridized carbons (Fsp3) is 0.882. The third-order valence-corrected chi connectivity index (χ3v) is 2.88. The van der Waals surface area contributed by atoms with Gasteiger partial charge in [0.1, 0.15) is 12.8 Å². The molecule has 6 nitrogen and oxygen atoms in total. The molecular weight excluding hydrogens is 315 g/mol. The number of rotatable bonds is 13. The van der Waals surface area contributed by atoms with Crippen LogP contribution in [0.4, 0.5) is 4.39 Å². The summed E-state index contributed by atoms with van der Waals surface area (Å²) in [6, 6.07) is 0. The molecule has 2 amide bonds. The van der Waals surface area contributed by atoms with Gasteiger partial charge >= 0.3 is 0 Å². The van der Waals surface area contributed by atoms with Gasteiger partial charge in [-0.05, 0) is 19.3 Å². The molecule has 0 aromatic carbocycles. The largest absolute Gasteiger partial charge is 0.378 e. The topological polar surface area (TPSA) is 76.7 Å². The predicted octanol–water partition coefficient (Wildman–Crippen LogP) is 2.07. The van der Waals surface area contributed by atoms with Crippen molar-refractivity contribution < 1.29 is 23.5 Å². The number of carbonyl (C=O) groups excluding carboxylic acids is 2. The number of halogens is 1. The van der Waals surface area contributed by atoms with Crippen molar-refractivity contribution in [1.82, 2.24) is 10.6 Å². The Morgan fingerprint density at radius 3 is 2.33 bits per heavy atom. The molecule has 0 saturated carbocycles. The van der Waals surface area contributed by atoms with Crippen molar-refractivity contribution >= 4 is 11.8 Å². The second-order valence-corrected chi connectivity index (χ2v) is 5.42. The molecule has 0 spiro atoms. The van der Waals surface area contributed by atoms with Crippen molar-refractivity contribution in [3.05, 3.63) is 0 Å². The highest BCUT2D eigenvalue weighted by atomic mass is 19.1. The van der Waals surface area contributed by atoms with Crippen LogP contribution >= 0.6 is 0 Å². The monoisotopic (exact) mass is 350 g/mol. The maximum Gasteiger partial charge on any atom is 0.245 e. The maximum absolute atomic E-state index is 13.4. The Balaban J connectivity index is 0. The Hall–Kier alpha value is -1.21. The highest BCUT2D eigenvalue weighted by Crippen LogP contribution is 1.98. The zero-order valence-corrected chi connectivity index (χ0v) is 15.8. The Kier molecular flexibility index (Phi) is 18.9. The molecule has 144 valence electrons. The van der Waals surface area contributed by atoms with Gasteiger partial charge < -0.3 is 20.1 Å². The fourth-order valence-electron chi connectivity index (χ4n) is 1.60. The number of unbranched alkanes of at least 4 members (excludes halogenated alkanes) is 2. The van der Waals surface area contributed by atoms with E-state index in [1.54, 1.807) is 13.8 Å². The first kappa shape index (κ1) is 25.0. The fourth-order valence-corrected chi connectivity index (χ4v) is 1.60. The summed E-state index contributed by atoms with van der Waals surface area (Å²) >= 11 is 0. The lowest BCUT2D eigenvalue weighted by molar-refractivity contribution is -0.125. The van der Waals surface area contributed by atoms with E-state index in [1.165, 1.54) is 7.11 Å². The zero-order chi connectivity index (χ0) is 18.8. The summed E-state index contributed by atoms with van der Waals surface area (Å²) in [4.78, 5) is 22.3. The molecule has 0 heterocycles. The maximum atomic E-state index is 13.4. The van der Waals surface area contributed by atoms with E-state index >= 15 is 0 Å². The molecule has 24 heavy (non-hydrogen) atoms. The quantitative estimate of drug-likeness (QED) is 0.499. The predicted molar refractivity (Wildman–Crippen MR) is 93.6 cm³/mol. The van der Waals surface area contributed by atoms with E-state index in [4.69, 9.17) is 4.74 Å². The minimum atomic E-state index is -1.18. The van der Waals surface area contributed by atoms with Crippen LogP contribution < -0.4 is 10.6 Å². The molecule has 1 atom stereocenters. The molecule has 0 saturated heterocycles. The number of hydrogen-bond donors (Lipinski definition) is 2. The van der Waals surface area contributed by atoms with Crippen LogP contribution in [0.2, 0.25) is 0 Å². The molecule has 0 aromatic heterocycles. The average Bonchev–Trinajstić information content (AvgIpc) is 2.56. The van der Waals surface area contributed by atoms with Crippen LogP contribution in [-0.2, 0) is 19.1 Å². The summed E-state index contributed by atoms with van der Waals surface area (Å²) in [6.45, 7) is 8.66. The van der Waals surface area contributed by atoms with Gasteiger partial charge in [0, 0.05) is 26.2 Å². The molecule has 2 N–H and O–H groups in total. The van der Waals surface area contributed by atoms with Crippen LogP contribution in [0.3, 0.4) is 0 Å². The van der Waals surface area contributed by atoms with Gasteiger partial charge in [-0.25, -0.2) is 4.39 Å². The first-order valence-electron chi connectivity index (χ1n) is 8.72. The van der Waals surface area contributed by atoms with Crippen LogP contribution in [-0.4, -0.2) is 58.0 Å². The van der Waals surface area contributed by atoms with Gasteiger partial charge in [0.05, 0.1) is 13.2 Å². The van der Waals surface area contributed by atoms with E-state index in [1.807, 2.05) is 13.8 Å². The lowest BCUT2D eigenvalue weighted by Gasteiger charge is -2.12. The van der Waals surface area contributed by atoms with Crippen molar-refractivity contribution in [2.75, 3.05) is 40.0 Å². The minimum Gasteiger partial charge on any atom is -0.378 e. The highest BCUT2D eigenvalue weighted by molar-refractivity contribution is 5.77. The third kappa shape index (κ3) is 17.1. The molecule has 7 heteroatoms. The van der Waals surface area contributed by atoms with Crippen LogP contribution in [0.1, 0.15) is 47.0 Å². The molecule has 0 aromatic rings. The first-order valence-corrected chi connectivity index (χ1v) is 8.72. The summed E-state index contributed by atoms with van der Waals surface area (Å²) < 4.78 is 23.3. The molecule has 0 radical (unpaired) electrons. The lowest BCUT2D eigenvalue weighted by Crippen LogP contribution is -2.34. The van der Waals surface area contributed by atoms with Crippen molar-refractivity contribution in [2.24, 2.45) is 5.92 Å². The summed E-state index contributed by atoms with van der Waals surface area (Å²) in [5.74, 6) is -0.418. The molecule has 1 unspecified atom stereocenters. The van der Waals surface area contributed by atoms with E-state index in [-0.39, 0.29) is 37.5 Å². The van der Waals surface area contributed by atoms with Crippen LogP contribution in [0.25, 0.3) is 0 Å². The number of methoxy groups -OCH3 is 1. The SMILES string of the molecule is CC.COCC(=O)NCCCCCOCC(F)CNC(=O)C(C)C. The Labute approximate surface area is 145 Å². The second-order valence-electron chi connectivity index (χ2n) is 5.42. The van der Waals surface area contributed by atoms with Gasteiger partial charge in [-0.3, -0.25) is 9.59 Å². The average molecular weight is 350 g/mol. The van der Waals surface area contributed by atoms with Gasteiger partial charge in [0.25, 0.3) is 0 Å². The minimum absolute atomic E-state index is 0.0110. The standard InChI is InChI=1S/C15H29FN2O4.C2H6/c1-12(2)15(20)18-9-13(16)10-22-8-6-4-5-7-17-14(19)11-21-3;1-2/h12-13H,4-11H2,1-3H3,(H,17,19)(H,18,20);1-2H3. The van der Waals surface area contributed by atoms with Crippen LogP contribution in [0.15, 0.2) is 0 Å². The molecular formula is C17H35FN2O4. The molecule has 0 aliphatic heterocycles. The van der Waals surface area contributed by atoms with Gasteiger partial charge in [0.15, 0.2) is 0 Å². The number of carbonyl (C=O) groups is 2. The molecule has 0 fully saturated rings. The van der Waals surface area contributed by atoms with E-state index < -0.39 is 6.17 Å². The van der Waals surface area contributed by atoms with Gasteiger partial charge in [-0.15, -0.1) is 0 Å². The van der Waals surface area contributed by atoms with E-state index in [9.17, 15) is 14.0 Å². The normalized spacial score (nSPS) is 11.5. The van der Waals surface area contributed by atoms with Crippen molar-refractivity contribution in [1.29, 1.82) is 0 Å². The van der Waals surface area contributed by atoms with Gasteiger partial charge in [-0.2, -0.15) is 0 Å². The van der Waals surface area contributed by atoms with Crippen molar-refractivity contribution in [3.63, 3.8) is 0 Å². The first-order chi connectivity index (χ1) is 11.5. The van der Waals surface area contributed by atoms with Gasteiger partial charge in [0.2, 0.25) is 11.8 Å². The van der Waals surface area contributed by atoms with E-state index in [2.05, 4.69) is 15.4 Å². The van der Waals surface area contributed by atoms with Crippen molar-refractivity contribution in [3.8, 4) is 0 Å². The second kappa shape index (κ2) is 18.1. The third-order valence-electron chi connectivity index (χ3n) is 2.88. The summed E-state index contributed by atoms with van der Waals surface area (Å²) in [5, 5.41) is 5.25. The Bertz CT molecular complexity index is 315. The van der Waals surface area contributed by atoms with Crippen LogP contribution in [0.5, 0.6) is 0 Å². The molecule has 0 rings (SSSR count). The molecule has 0 bridgehead atoms. The number of hydrogen-bond acceptors (Lipinski definition) is 4. The number of alkyl halides is 1. The Morgan fingerprint density at radius 2 is 1.75 bits per heavy atom. The molecule has 0 aliphatic carbocycles. The van der Waals surface area contributed by atoms with E-state index in [0.717, 1.165) is 19.3 Å². The lowest BCUT2D eigenvalue weighted by atomic mass is 10.2. The number of amides is 2. The summed E-state index contributed by atoms with van der Waals surface area (Å²) in [6.07, 6.45) is 1.37.